The van der Waals surface area contributed by atoms with Crippen LogP contribution in [0.2, 0.25) is 0 Å². The summed E-state index contributed by atoms with van der Waals surface area (Å²) in [5.41, 5.74) is 6.28. The molecule has 0 aromatic heterocycles. The molecule has 0 bridgehead atoms. The van der Waals surface area contributed by atoms with Gasteiger partial charge in [-0.25, -0.2) is 4.39 Å². The predicted octanol–water partition coefficient (Wildman–Crippen LogP) is 1.65. The van der Waals surface area contributed by atoms with Crippen LogP contribution >= 0.6 is 0 Å². The molecule has 1 aromatic carbocycles. The van der Waals surface area contributed by atoms with Crippen molar-refractivity contribution in [1.82, 2.24) is 5.32 Å². The highest BCUT2D eigenvalue weighted by Gasteiger charge is 2.21. The average Bonchev–Trinajstić information content (AvgIpc) is 2.45. The van der Waals surface area contributed by atoms with Crippen molar-refractivity contribution in [1.29, 1.82) is 0 Å². The van der Waals surface area contributed by atoms with Gasteiger partial charge in [-0.15, -0.1) is 0 Å². The van der Waals surface area contributed by atoms with Crippen LogP contribution in [0, 0.1) is 5.82 Å². The van der Waals surface area contributed by atoms with Crippen LogP contribution in [-0.2, 0) is 4.79 Å². The molecule has 1 saturated heterocycles. The number of halogens is 1. The third kappa shape index (κ3) is 4.20. The SMILES string of the molecule is NCCCC(=O)NC1CCCN(c2cccc(F)c2)C1. The first-order chi connectivity index (χ1) is 9.69. The number of rotatable bonds is 5. The van der Waals surface area contributed by atoms with Crippen LogP contribution in [0.15, 0.2) is 24.3 Å². The second-order valence-electron chi connectivity index (χ2n) is 5.22. The van der Waals surface area contributed by atoms with E-state index in [2.05, 4.69) is 10.2 Å². The van der Waals surface area contributed by atoms with Crippen molar-refractivity contribution < 1.29 is 9.18 Å². The lowest BCUT2D eigenvalue weighted by molar-refractivity contribution is -0.121. The number of nitrogens with zero attached hydrogens (tertiary/aromatic N) is 1. The number of benzene rings is 1. The van der Waals surface area contributed by atoms with Crippen molar-refractivity contribution >= 4 is 11.6 Å². The maximum Gasteiger partial charge on any atom is 0.220 e. The molecule has 20 heavy (non-hydrogen) atoms. The zero-order chi connectivity index (χ0) is 14.4. The molecule has 0 saturated carbocycles. The number of carbonyl (C=O) groups is 1. The molecule has 2 rings (SSSR count). The Balaban J connectivity index is 1.90. The lowest BCUT2D eigenvalue weighted by atomic mass is 10.0. The van der Waals surface area contributed by atoms with E-state index in [1.54, 1.807) is 12.1 Å². The first-order valence-corrected chi connectivity index (χ1v) is 7.19. The molecule has 0 spiro atoms. The highest BCUT2D eigenvalue weighted by atomic mass is 19.1. The van der Waals surface area contributed by atoms with Gasteiger partial charge in [-0.2, -0.15) is 0 Å². The Hall–Kier alpha value is -1.62. The van der Waals surface area contributed by atoms with E-state index in [-0.39, 0.29) is 17.8 Å². The van der Waals surface area contributed by atoms with Crippen LogP contribution in [0.1, 0.15) is 25.7 Å². The standard InChI is InChI=1S/C15H22FN3O/c16-12-4-1-6-14(10-12)19-9-3-5-13(11-19)18-15(20)7-2-8-17/h1,4,6,10,13H,2-3,5,7-9,11,17H2,(H,18,20). The molecule has 0 radical (unpaired) electrons. The molecule has 1 amide bonds. The van der Waals surface area contributed by atoms with E-state index in [1.165, 1.54) is 6.07 Å². The second kappa shape index (κ2) is 7.24. The number of nitrogens with two attached hydrogens (primary N) is 1. The highest BCUT2D eigenvalue weighted by Crippen LogP contribution is 2.20. The third-order valence-electron chi connectivity index (χ3n) is 3.57. The quantitative estimate of drug-likeness (QED) is 0.861. The first-order valence-electron chi connectivity index (χ1n) is 7.19. The summed E-state index contributed by atoms with van der Waals surface area (Å²) in [6, 6.07) is 6.74. The van der Waals surface area contributed by atoms with Crippen molar-refractivity contribution in [2.45, 2.75) is 31.7 Å². The number of anilines is 1. The first kappa shape index (κ1) is 14.8. The van der Waals surface area contributed by atoms with Gasteiger partial charge < -0.3 is 16.0 Å². The van der Waals surface area contributed by atoms with Crippen LogP contribution in [0.4, 0.5) is 10.1 Å². The number of hydrogen-bond donors (Lipinski definition) is 2. The van der Waals surface area contributed by atoms with Crippen molar-refractivity contribution in [3.8, 4) is 0 Å². The summed E-state index contributed by atoms with van der Waals surface area (Å²) < 4.78 is 13.3. The van der Waals surface area contributed by atoms with Gasteiger partial charge in [-0.1, -0.05) is 6.07 Å². The largest absolute Gasteiger partial charge is 0.369 e. The molecule has 1 unspecified atom stereocenters. The van der Waals surface area contributed by atoms with Crippen LogP contribution in [0.3, 0.4) is 0 Å². The number of amides is 1. The summed E-state index contributed by atoms with van der Waals surface area (Å²) in [5, 5.41) is 3.04. The maximum absolute atomic E-state index is 13.3. The summed E-state index contributed by atoms with van der Waals surface area (Å²) in [6.07, 6.45) is 3.16. The number of carbonyl (C=O) groups excluding carboxylic acids is 1. The fourth-order valence-electron chi connectivity index (χ4n) is 2.56. The van der Waals surface area contributed by atoms with Crippen molar-refractivity contribution in [3.63, 3.8) is 0 Å². The molecule has 1 fully saturated rings. The average molecular weight is 279 g/mol. The number of piperidine rings is 1. The summed E-state index contributed by atoms with van der Waals surface area (Å²) in [5.74, 6) is -0.168. The van der Waals surface area contributed by atoms with E-state index in [4.69, 9.17) is 5.73 Å². The molecule has 1 aliphatic heterocycles. The summed E-state index contributed by atoms with van der Waals surface area (Å²) in [6.45, 7) is 2.17. The lowest BCUT2D eigenvalue weighted by Gasteiger charge is -2.34. The van der Waals surface area contributed by atoms with Crippen LogP contribution in [-0.4, -0.2) is 31.6 Å². The van der Waals surface area contributed by atoms with Crippen molar-refractivity contribution in [2.75, 3.05) is 24.5 Å². The minimum absolute atomic E-state index is 0.0570. The van der Waals surface area contributed by atoms with E-state index < -0.39 is 0 Å². The van der Waals surface area contributed by atoms with Crippen molar-refractivity contribution in [3.05, 3.63) is 30.1 Å². The van der Waals surface area contributed by atoms with E-state index in [1.807, 2.05) is 6.07 Å². The van der Waals surface area contributed by atoms with Crippen molar-refractivity contribution in [2.24, 2.45) is 5.73 Å². The molecule has 1 aromatic rings. The van der Waals surface area contributed by atoms with E-state index in [0.29, 0.717) is 19.4 Å². The van der Waals surface area contributed by atoms with Gasteiger partial charge in [0.25, 0.3) is 0 Å². The Morgan fingerprint density at radius 3 is 3.10 bits per heavy atom. The summed E-state index contributed by atoms with van der Waals surface area (Å²) >= 11 is 0. The molecule has 5 heteroatoms. The monoisotopic (exact) mass is 279 g/mol. The van der Waals surface area contributed by atoms with Crippen LogP contribution < -0.4 is 16.0 Å². The fourth-order valence-corrected chi connectivity index (χ4v) is 2.56. The van der Waals surface area contributed by atoms with Crippen LogP contribution in [0.5, 0.6) is 0 Å². The van der Waals surface area contributed by atoms with Crippen LogP contribution in [0.25, 0.3) is 0 Å². The van der Waals surface area contributed by atoms with Gasteiger partial charge in [0.05, 0.1) is 0 Å². The Bertz CT molecular complexity index is 452. The maximum atomic E-state index is 13.3. The molecular formula is C15H22FN3O. The topological polar surface area (TPSA) is 58.4 Å². The lowest BCUT2D eigenvalue weighted by Crippen LogP contribution is -2.47. The Morgan fingerprint density at radius 2 is 2.35 bits per heavy atom. The van der Waals surface area contributed by atoms with Gasteiger partial charge in [-0.3, -0.25) is 4.79 Å². The fraction of sp³-hybridized carbons (Fsp3) is 0.533. The summed E-state index contributed by atoms with van der Waals surface area (Å²) in [7, 11) is 0. The zero-order valence-corrected chi connectivity index (χ0v) is 11.6. The zero-order valence-electron chi connectivity index (χ0n) is 11.6. The molecular weight excluding hydrogens is 257 g/mol. The van der Waals surface area contributed by atoms with E-state index in [9.17, 15) is 9.18 Å². The number of hydrogen-bond acceptors (Lipinski definition) is 3. The van der Waals surface area contributed by atoms with Gasteiger partial charge in [0.15, 0.2) is 0 Å². The third-order valence-corrected chi connectivity index (χ3v) is 3.57. The van der Waals surface area contributed by atoms with Gasteiger partial charge in [0.1, 0.15) is 5.82 Å². The molecule has 3 N–H and O–H groups in total. The molecule has 1 heterocycles. The number of nitrogens with one attached hydrogen (secondary N) is 1. The van der Waals surface area contributed by atoms with E-state index >= 15 is 0 Å². The van der Waals surface area contributed by atoms with Gasteiger partial charge >= 0.3 is 0 Å². The Kier molecular flexibility index (Phi) is 5.35. The molecule has 0 aliphatic carbocycles. The Labute approximate surface area is 119 Å². The molecule has 110 valence electrons. The van der Waals surface area contributed by atoms with E-state index in [0.717, 1.165) is 31.6 Å². The van der Waals surface area contributed by atoms with Gasteiger partial charge in [0, 0.05) is 31.2 Å². The minimum atomic E-state index is -0.225. The molecule has 1 aliphatic rings. The molecule has 4 nitrogen and oxygen atoms in total. The highest BCUT2D eigenvalue weighted by molar-refractivity contribution is 5.76. The predicted molar refractivity (Wildman–Crippen MR) is 78.1 cm³/mol. The second-order valence-corrected chi connectivity index (χ2v) is 5.22. The smallest absolute Gasteiger partial charge is 0.220 e. The Morgan fingerprint density at radius 1 is 1.50 bits per heavy atom. The van der Waals surface area contributed by atoms with Gasteiger partial charge in [0.2, 0.25) is 5.91 Å². The minimum Gasteiger partial charge on any atom is -0.369 e. The summed E-state index contributed by atoms with van der Waals surface area (Å²) in [4.78, 5) is 13.8. The van der Waals surface area contributed by atoms with Gasteiger partial charge in [-0.05, 0) is 44.0 Å². The normalized spacial score (nSPS) is 18.9. The molecule has 1 atom stereocenters.